The lowest BCUT2D eigenvalue weighted by molar-refractivity contribution is 0.154. The number of hydrogen-bond acceptors (Lipinski definition) is 3. The summed E-state index contributed by atoms with van der Waals surface area (Å²) in [7, 11) is 0. The molecular formula is C28H41F2NO2. The molecule has 0 heterocycles. The maximum atomic E-state index is 13.4. The molecule has 0 spiro atoms. The highest BCUT2D eigenvalue weighted by atomic mass is 19.1. The van der Waals surface area contributed by atoms with E-state index in [1.807, 2.05) is 0 Å². The van der Waals surface area contributed by atoms with E-state index in [2.05, 4.69) is 57.3 Å². The number of aryl methyl sites for hydroxylation is 1. The Bertz CT molecular complexity index is 830. The predicted molar refractivity (Wildman–Crippen MR) is 131 cm³/mol. The SMILES string of the molecule is CCCC(CO)CCC(NCC(O)CCc1cc(F)cc(F)c1)c1cccc(C(C)(C)C)c1. The number of aliphatic hydroxyl groups is 2. The van der Waals surface area contributed by atoms with E-state index in [4.69, 9.17) is 0 Å². The average Bonchev–Trinajstić information content (AvgIpc) is 2.75. The lowest BCUT2D eigenvalue weighted by Gasteiger charge is -2.26. The second kappa shape index (κ2) is 13.2. The molecule has 0 bridgehead atoms. The van der Waals surface area contributed by atoms with Crippen LogP contribution in [0.2, 0.25) is 0 Å². The summed E-state index contributed by atoms with van der Waals surface area (Å²) in [5.41, 5.74) is 3.02. The van der Waals surface area contributed by atoms with Gasteiger partial charge in [-0.3, -0.25) is 0 Å². The van der Waals surface area contributed by atoms with Gasteiger partial charge in [-0.05, 0) is 72.3 Å². The predicted octanol–water partition coefficient (Wildman–Crippen LogP) is 6.08. The normalized spacial score (nSPS) is 14.8. The molecule has 33 heavy (non-hydrogen) atoms. The van der Waals surface area contributed by atoms with E-state index in [1.165, 1.54) is 23.3 Å². The van der Waals surface area contributed by atoms with E-state index in [0.29, 0.717) is 24.9 Å². The highest BCUT2D eigenvalue weighted by Crippen LogP contribution is 2.28. The Morgan fingerprint density at radius 3 is 2.24 bits per heavy atom. The van der Waals surface area contributed by atoms with Crippen LogP contribution in [0.15, 0.2) is 42.5 Å². The second-order valence-corrected chi connectivity index (χ2v) is 10.2. The van der Waals surface area contributed by atoms with Crippen molar-refractivity contribution in [1.29, 1.82) is 0 Å². The van der Waals surface area contributed by atoms with Crippen molar-refractivity contribution >= 4 is 0 Å². The zero-order valence-electron chi connectivity index (χ0n) is 20.6. The third-order valence-electron chi connectivity index (χ3n) is 6.26. The summed E-state index contributed by atoms with van der Waals surface area (Å²) < 4.78 is 26.8. The molecule has 184 valence electrons. The minimum absolute atomic E-state index is 0.0378. The van der Waals surface area contributed by atoms with Crippen LogP contribution >= 0.6 is 0 Å². The van der Waals surface area contributed by atoms with Crippen LogP contribution in [0.25, 0.3) is 0 Å². The van der Waals surface area contributed by atoms with Crippen LogP contribution in [0.5, 0.6) is 0 Å². The zero-order chi connectivity index (χ0) is 24.4. The van der Waals surface area contributed by atoms with Crippen molar-refractivity contribution in [3.8, 4) is 0 Å². The van der Waals surface area contributed by atoms with Gasteiger partial charge in [-0.2, -0.15) is 0 Å². The van der Waals surface area contributed by atoms with Gasteiger partial charge in [-0.25, -0.2) is 8.78 Å². The number of aliphatic hydroxyl groups excluding tert-OH is 2. The smallest absolute Gasteiger partial charge is 0.126 e. The van der Waals surface area contributed by atoms with Crippen molar-refractivity contribution in [1.82, 2.24) is 5.32 Å². The molecule has 2 aromatic carbocycles. The summed E-state index contributed by atoms with van der Waals surface area (Å²) in [4.78, 5) is 0. The maximum absolute atomic E-state index is 13.4. The molecule has 2 rings (SSSR count). The lowest BCUT2D eigenvalue weighted by Crippen LogP contribution is -2.31. The molecule has 0 radical (unpaired) electrons. The average molecular weight is 462 g/mol. The van der Waals surface area contributed by atoms with Crippen LogP contribution in [0.3, 0.4) is 0 Å². The van der Waals surface area contributed by atoms with Crippen molar-refractivity contribution in [2.45, 2.75) is 83.8 Å². The Balaban J connectivity index is 2.04. The van der Waals surface area contributed by atoms with E-state index in [0.717, 1.165) is 31.7 Å². The summed E-state index contributed by atoms with van der Waals surface area (Å²) in [5, 5.41) is 23.8. The summed E-state index contributed by atoms with van der Waals surface area (Å²) in [6.07, 6.45) is 4.00. The van der Waals surface area contributed by atoms with Gasteiger partial charge in [-0.15, -0.1) is 0 Å². The van der Waals surface area contributed by atoms with E-state index < -0.39 is 17.7 Å². The van der Waals surface area contributed by atoms with Crippen molar-refractivity contribution in [3.63, 3.8) is 0 Å². The van der Waals surface area contributed by atoms with Gasteiger partial charge in [0.05, 0.1) is 6.10 Å². The Morgan fingerprint density at radius 1 is 0.939 bits per heavy atom. The first-order valence-electron chi connectivity index (χ1n) is 12.2. The van der Waals surface area contributed by atoms with E-state index in [1.54, 1.807) is 0 Å². The Kier molecular flexibility index (Phi) is 10.9. The maximum Gasteiger partial charge on any atom is 0.126 e. The minimum atomic E-state index is -0.631. The Morgan fingerprint density at radius 2 is 1.64 bits per heavy atom. The van der Waals surface area contributed by atoms with Gasteiger partial charge in [0.15, 0.2) is 0 Å². The third-order valence-corrected chi connectivity index (χ3v) is 6.26. The van der Waals surface area contributed by atoms with Gasteiger partial charge in [-0.1, -0.05) is 58.4 Å². The van der Waals surface area contributed by atoms with E-state index in [-0.39, 0.29) is 24.0 Å². The van der Waals surface area contributed by atoms with Gasteiger partial charge >= 0.3 is 0 Å². The molecule has 0 fully saturated rings. The molecule has 0 aromatic heterocycles. The molecule has 3 unspecified atom stereocenters. The van der Waals surface area contributed by atoms with Crippen LogP contribution < -0.4 is 5.32 Å². The lowest BCUT2D eigenvalue weighted by atomic mass is 9.84. The van der Waals surface area contributed by atoms with Gasteiger partial charge < -0.3 is 15.5 Å². The number of hydrogen-bond donors (Lipinski definition) is 3. The number of halogens is 2. The monoisotopic (exact) mass is 461 g/mol. The molecule has 0 aliphatic rings. The summed E-state index contributed by atoms with van der Waals surface area (Å²) >= 11 is 0. The fraction of sp³-hybridized carbons (Fsp3) is 0.571. The summed E-state index contributed by atoms with van der Waals surface area (Å²) in [5.74, 6) is -0.915. The van der Waals surface area contributed by atoms with Crippen molar-refractivity contribution in [2.24, 2.45) is 5.92 Å². The fourth-order valence-corrected chi connectivity index (χ4v) is 4.21. The molecule has 2 aromatic rings. The topological polar surface area (TPSA) is 52.5 Å². The van der Waals surface area contributed by atoms with Crippen molar-refractivity contribution in [3.05, 3.63) is 70.8 Å². The quantitative estimate of drug-likeness (QED) is 0.339. The first kappa shape index (κ1) is 27.4. The van der Waals surface area contributed by atoms with Crippen molar-refractivity contribution in [2.75, 3.05) is 13.2 Å². The second-order valence-electron chi connectivity index (χ2n) is 10.2. The van der Waals surface area contributed by atoms with Crippen LogP contribution in [0.1, 0.15) is 82.5 Å². The standard InChI is InChI=1S/C28H41F2NO2/c1-5-7-20(19-32)11-13-27(22-8-6-9-23(16-22)28(2,3)4)31-18-26(33)12-10-21-14-24(29)17-25(30)15-21/h6,8-9,14-17,20,26-27,31-33H,5,7,10-13,18-19H2,1-4H3. The molecule has 0 aliphatic carbocycles. The molecule has 3 nitrogen and oxygen atoms in total. The number of rotatable bonds is 13. The first-order valence-corrected chi connectivity index (χ1v) is 12.2. The van der Waals surface area contributed by atoms with Gasteiger partial charge in [0.2, 0.25) is 0 Å². The van der Waals surface area contributed by atoms with Crippen LogP contribution in [-0.4, -0.2) is 29.5 Å². The number of benzene rings is 2. The Labute approximate surface area is 198 Å². The molecule has 0 aliphatic heterocycles. The molecule has 3 N–H and O–H groups in total. The van der Waals surface area contributed by atoms with Crippen molar-refractivity contribution < 1.29 is 19.0 Å². The van der Waals surface area contributed by atoms with E-state index in [9.17, 15) is 19.0 Å². The van der Waals surface area contributed by atoms with Gasteiger partial charge in [0, 0.05) is 25.3 Å². The van der Waals surface area contributed by atoms with Crippen LogP contribution in [0, 0.1) is 17.6 Å². The van der Waals surface area contributed by atoms with Crippen LogP contribution in [-0.2, 0) is 11.8 Å². The zero-order valence-corrected chi connectivity index (χ0v) is 20.6. The molecule has 0 saturated carbocycles. The number of nitrogens with one attached hydrogen (secondary N) is 1. The molecule has 3 atom stereocenters. The van der Waals surface area contributed by atoms with Gasteiger partial charge in [0.25, 0.3) is 0 Å². The third kappa shape index (κ3) is 9.52. The largest absolute Gasteiger partial charge is 0.396 e. The highest BCUT2D eigenvalue weighted by molar-refractivity contribution is 5.30. The molecule has 0 saturated heterocycles. The fourth-order valence-electron chi connectivity index (χ4n) is 4.21. The summed E-state index contributed by atoms with van der Waals surface area (Å²) in [6.45, 7) is 9.28. The Hall–Kier alpha value is -1.82. The summed E-state index contributed by atoms with van der Waals surface area (Å²) in [6, 6.07) is 12.1. The highest BCUT2D eigenvalue weighted by Gasteiger charge is 2.19. The minimum Gasteiger partial charge on any atom is -0.396 e. The van der Waals surface area contributed by atoms with E-state index >= 15 is 0 Å². The molecule has 5 heteroatoms. The molecule has 0 amide bonds. The van der Waals surface area contributed by atoms with Crippen LogP contribution in [0.4, 0.5) is 8.78 Å². The first-order chi connectivity index (χ1) is 15.6. The van der Waals surface area contributed by atoms with Gasteiger partial charge in [0.1, 0.15) is 11.6 Å². The molecular weight excluding hydrogens is 420 g/mol.